The highest BCUT2D eigenvalue weighted by Crippen LogP contribution is 2.40. The molecule has 8 heteroatoms. The van der Waals surface area contributed by atoms with Gasteiger partial charge in [0.15, 0.2) is 0 Å². The number of allylic oxidation sites excluding steroid dienone is 6. The van der Waals surface area contributed by atoms with Gasteiger partial charge in [-0.3, -0.25) is 4.79 Å². The standard InChI is InChI=1S/C48H58O7Si/c1-9-10-11-14-19-37-32-35(2)24-29-41(37)43(30-31-44-42(33-45(49)51-8)46(50)55-48(6,7)54-44)53-38-27-25-36(26-28-38)34-52-56(47(3,4)5,39-20-15-12-16-21-39)40-22-17-13-18-23-40/h9-23,25-28,30-31,35,37,41,43H,1,24,29,32-34H2,2-8H3/b11-10+,19-14+,31-30+/t35-,37-,41-,43-/m1/s1. The first kappa shape index (κ1) is 42.2. The van der Waals surface area contributed by atoms with Crippen LogP contribution < -0.4 is 15.1 Å². The molecule has 0 saturated heterocycles. The maximum absolute atomic E-state index is 13.1. The van der Waals surface area contributed by atoms with Crippen molar-refractivity contribution in [1.82, 2.24) is 0 Å². The van der Waals surface area contributed by atoms with Gasteiger partial charge in [-0.05, 0) is 69.9 Å². The van der Waals surface area contributed by atoms with Crippen molar-refractivity contribution in [3.8, 4) is 5.75 Å². The molecule has 0 radical (unpaired) electrons. The Morgan fingerprint density at radius 2 is 1.57 bits per heavy atom. The molecule has 1 aliphatic heterocycles. The van der Waals surface area contributed by atoms with Gasteiger partial charge in [0.25, 0.3) is 8.32 Å². The minimum Gasteiger partial charge on any atom is -0.486 e. The predicted octanol–water partition coefficient (Wildman–Crippen LogP) is 9.54. The maximum atomic E-state index is 13.1. The number of carbonyl (C=O) groups excluding carboxylic acids is 2. The first-order valence-corrected chi connectivity index (χ1v) is 21.5. The highest BCUT2D eigenvalue weighted by atomic mass is 28.4. The van der Waals surface area contributed by atoms with Crippen LogP contribution in [0.25, 0.3) is 0 Å². The zero-order chi connectivity index (χ0) is 40.3. The lowest BCUT2D eigenvalue weighted by Crippen LogP contribution is -2.66. The van der Waals surface area contributed by atoms with Gasteiger partial charge in [-0.25, -0.2) is 4.79 Å². The molecule has 1 saturated carbocycles. The molecule has 56 heavy (non-hydrogen) atoms. The Balaban J connectivity index is 1.47. The molecule has 296 valence electrons. The normalized spacial score (nSPS) is 20.8. The lowest BCUT2D eigenvalue weighted by atomic mass is 9.72. The number of benzene rings is 3. The third-order valence-corrected chi connectivity index (χ3v) is 15.6. The largest absolute Gasteiger partial charge is 0.486 e. The fourth-order valence-corrected chi connectivity index (χ4v) is 12.4. The molecule has 3 aromatic carbocycles. The lowest BCUT2D eigenvalue weighted by molar-refractivity contribution is -0.206. The van der Waals surface area contributed by atoms with Crippen LogP contribution in [-0.2, 0) is 34.8 Å². The minimum atomic E-state index is -2.72. The molecule has 2 aliphatic rings. The van der Waals surface area contributed by atoms with Crippen LogP contribution in [0.2, 0.25) is 5.04 Å². The molecule has 0 aromatic heterocycles. The van der Waals surface area contributed by atoms with Crippen molar-refractivity contribution in [3.63, 3.8) is 0 Å². The fraction of sp³-hybridized carbons (Fsp3) is 0.375. The Morgan fingerprint density at radius 3 is 2.16 bits per heavy atom. The van der Waals surface area contributed by atoms with E-state index < -0.39 is 26.0 Å². The van der Waals surface area contributed by atoms with Crippen molar-refractivity contribution in [3.05, 3.63) is 151 Å². The first-order valence-electron chi connectivity index (χ1n) is 19.6. The van der Waals surface area contributed by atoms with Crippen LogP contribution >= 0.6 is 0 Å². The summed E-state index contributed by atoms with van der Waals surface area (Å²) in [6.07, 6.45) is 16.1. The quantitative estimate of drug-likeness (QED) is 0.0865. The second-order valence-corrected chi connectivity index (χ2v) is 20.6. The molecular weight excluding hydrogens is 717 g/mol. The van der Waals surface area contributed by atoms with E-state index in [-0.39, 0.29) is 40.7 Å². The molecule has 0 spiro atoms. The van der Waals surface area contributed by atoms with E-state index in [0.29, 0.717) is 12.5 Å². The number of cyclic esters (lactones) is 1. The van der Waals surface area contributed by atoms with Crippen molar-refractivity contribution in [2.75, 3.05) is 7.11 Å². The van der Waals surface area contributed by atoms with Crippen molar-refractivity contribution in [2.45, 2.75) is 90.8 Å². The maximum Gasteiger partial charge on any atom is 0.341 e. The van der Waals surface area contributed by atoms with Crippen LogP contribution in [0.15, 0.2) is 145 Å². The summed E-state index contributed by atoms with van der Waals surface area (Å²) in [6, 6.07) is 29.5. The topological polar surface area (TPSA) is 80.3 Å². The van der Waals surface area contributed by atoms with E-state index in [0.717, 1.165) is 30.6 Å². The van der Waals surface area contributed by atoms with Gasteiger partial charge < -0.3 is 23.4 Å². The van der Waals surface area contributed by atoms with E-state index in [2.05, 4.69) is 119 Å². The van der Waals surface area contributed by atoms with E-state index in [1.807, 2.05) is 30.4 Å². The molecule has 0 bridgehead atoms. The van der Waals surface area contributed by atoms with E-state index >= 15 is 0 Å². The van der Waals surface area contributed by atoms with Gasteiger partial charge in [-0.15, -0.1) is 0 Å². The molecule has 3 aromatic rings. The van der Waals surface area contributed by atoms with Gasteiger partial charge in [-0.2, -0.15) is 0 Å². The second-order valence-electron chi connectivity index (χ2n) is 16.3. The van der Waals surface area contributed by atoms with Gasteiger partial charge in [-0.1, -0.05) is 144 Å². The SMILES string of the molecule is C=C/C=C/C=C/[C@@H]1C[C@H](C)CC[C@H]1[C@@H](/C=C/C1=C(CC(=O)OC)C(=O)OC(C)(C)O1)Oc1ccc(CO[Si](c2ccccc2)(c2ccccc2)C(C)(C)C)cc1. The summed E-state index contributed by atoms with van der Waals surface area (Å²) in [5.41, 5.74) is 1.16. The third-order valence-electron chi connectivity index (χ3n) is 10.6. The van der Waals surface area contributed by atoms with E-state index in [1.165, 1.54) is 17.5 Å². The smallest absolute Gasteiger partial charge is 0.341 e. The third kappa shape index (κ3) is 10.5. The molecule has 1 heterocycles. The Kier molecular flexibility index (Phi) is 14.2. The summed E-state index contributed by atoms with van der Waals surface area (Å²) >= 11 is 0. The molecule has 0 unspecified atom stereocenters. The zero-order valence-corrected chi connectivity index (χ0v) is 35.0. The number of rotatable bonds is 15. The van der Waals surface area contributed by atoms with Gasteiger partial charge in [0, 0.05) is 19.8 Å². The van der Waals surface area contributed by atoms with Crippen LogP contribution in [0.3, 0.4) is 0 Å². The highest BCUT2D eigenvalue weighted by Gasteiger charge is 2.50. The fourth-order valence-electron chi connectivity index (χ4n) is 7.90. The Hall–Kier alpha value is -4.92. The number of carbonyl (C=O) groups is 2. The van der Waals surface area contributed by atoms with Crippen molar-refractivity contribution >= 4 is 30.6 Å². The highest BCUT2D eigenvalue weighted by molar-refractivity contribution is 6.99. The number of esters is 2. The molecule has 5 rings (SSSR count). The summed E-state index contributed by atoms with van der Waals surface area (Å²) in [4.78, 5) is 25.4. The first-order chi connectivity index (χ1) is 26.8. The molecule has 1 aliphatic carbocycles. The number of hydrogen-bond donors (Lipinski definition) is 0. The van der Waals surface area contributed by atoms with Gasteiger partial charge in [0.1, 0.15) is 17.6 Å². The Labute approximate surface area is 334 Å². The van der Waals surface area contributed by atoms with Crippen molar-refractivity contribution in [1.29, 1.82) is 0 Å². The Morgan fingerprint density at radius 1 is 0.929 bits per heavy atom. The molecule has 0 N–H and O–H groups in total. The van der Waals surface area contributed by atoms with Gasteiger partial charge in [0.05, 0.1) is 25.7 Å². The number of ether oxygens (including phenoxy) is 4. The summed E-state index contributed by atoms with van der Waals surface area (Å²) in [6.45, 7) is 16.7. The summed E-state index contributed by atoms with van der Waals surface area (Å²) < 4.78 is 30.6. The molecule has 4 atom stereocenters. The van der Waals surface area contributed by atoms with Crippen LogP contribution in [0.4, 0.5) is 0 Å². The predicted molar refractivity (Wildman–Crippen MR) is 226 cm³/mol. The lowest BCUT2D eigenvalue weighted by Gasteiger charge is -2.43. The molecule has 1 fully saturated rings. The average molecular weight is 775 g/mol. The summed E-state index contributed by atoms with van der Waals surface area (Å²) in [5, 5.41) is 2.34. The van der Waals surface area contributed by atoms with Crippen molar-refractivity contribution in [2.24, 2.45) is 17.8 Å². The van der Waals surface area contributed by atoms with E-state index in [1.54, 1.807) is 26.0 Å². The summed E-state index contributed by atoms with van der Waals surface area (Å²) in [5.74, 6) is -0.460. The summed E-state index contributed by atoms with van der Waals surface area (Å²) in [7, 11) is -1.43. The monoisotopic (exact) mass is 774 g/mol. The van der Waals surface area contributed by atoms with E-state index in [4.69, 9.17) is 23.4 Å². The number of hydrogen-bond acceptors (Lipinski definition) is 7. The molecule has 0 amide bonds. The molecule has 7 nitrogen and oxygen atoms in total. The van der Waals surface area contributed by atoms with Crippen molar-refractivity contribution < 1.29 is 33.0 Å². The van der Waals surface area contributed by atoms with Gasteiger partial charge >= 0.3 is 11.9 Å². The number of methoxy groups -OCH3 is 1. The van der Waals surface area contributed by atoms with Crippen LogP contribution in [-0.4, -0.2) is 39.3 Å². The van der Waals surface area contributed by atoms with Crippen LogP contribution in [0, 0.1) is 17.8 Å². The van der Waals surface area contributed by atoms with Crippen LogP contribution in [0.1, 0.15) is 72.8 Å². The zero-order valence-electron chi connectivity index (χ0n) is 34.0. The Bertz CT molecular complexity index is 1860. The van der Waals surface area contributed by atoms with Gasteiger partial charge in [0.2, 0.25) is 5.79 Å². The minimum absolute atomic E-state index is 0.111. The average Bonchev–Trinajstić information content (AvgIpc) is 3.17. The second kappa shape index (κ2) is 18.8. The molecular formula is C48H58O7Si. The van der Waals surface area contributed by atoms with Crippen LogP contribution in [0.5, 0.6) is 5.75 Å². The van der Waals surface area contributed by atoms with E-state index in [9.17, 15) is 9.59 Å².